The number of hydrogen-bond donors (Lipinski definition) is 6. The molecule has 0 saturated carbocycles. The van der Waals surface area contributed by atoms with Crippen LogP contribution in [-0.4, -0.2) is 66.9 Å². The fraction of sp³-hybridized carbons (Fsp3) is 0.316. The molecule has 1 saturated heterocycles. The minimum atomic E-state index is -1.26. The molecule has 2 aromatic heterocycles. The van der Waals surface area contributed by atoms with Crippen molar-refractivity contribution in [2.24, 2.45) is 5.16 Å². The molecule has 3 unspecified atom stereocenters. The predicted octanol–water partition coefficient (Wildman–Crippen LogP) is -1.12. The highest BCUT2D eigenvalue weighted by atomic mass is 32.2. The molecule has 3 atom stereocenters. The summed E-state index contributed by atoms with van der Waals surface area (Å²) in [7, 11) is 0. The normalized spacial score (nSPS) is 19.9. The zero-order valence-electron chi connectivity index (χ0n) is 19.2. The number of nitrogens with zero attached hydrogens (tertiary/aromatic N) is 5. The lowest BCUT2D eigenvalue weighted by molar-refractivity contribution is -0.667. The summed E-state index contributed by atoms with van der Waals surface area (Å²) in [6.07, 6.45) is 0.373. The van der Waals surface area contributed by atoms with Crippen molar-refractivity contribution in [2.45, 2.75) is 29.6 Å². The van der Waals surface area contributed by atoms with Crippen LogP contribution in [0.5, 0.6) is 0 Å². The van der Waals surface area contributed by atoms with E-state index in [1.54, 1.807) is 12.3 Å². The number of nitrogens with two attached hydrogens (primary N) is 4. The minimum absolute atomic E-state index is 0.138. The van der Waals surface area contributed by atoms with Crippen LogP contribution < -0.4 is 33.0 Å². The first kappa shape index (κ1) is 26.3. The number of hydrogen-bond acceptors (Lipinski definition) is 14. The number of nitrogens with one attached hydrogen (secondary N) is 1. The van der Waals surface area contributed by atoms with E-state index in [1.807, 2.05) is 0 Å². The highest BCUT2D eigenvalue weighted by Gasteiger charge is 2.54. The number of carbonyl (C=O) groups is 3. The van der Waals surface area contributed by atoms with Gasteiger partial charge in [-0.25, -0.2) is 9.78 Å². The van der Waals surface area contributed by atoms with E-state index in [0.717, 1.165) is 27.6 Å². The van der Waals surface area contributed by atoms with Gasteiger partial charge in [0.15, 0.2) is 11.2 Å². The van der Waals surface area contributed by atoms with Gasteiger partial charge >= 0.3 is 11.1 Å². The van der Waals surface area contributed by atoms with E-state index in [2.05, 4.69) is 20.4 Å². The molecule has 2 amide bonds. The molecule has 0 spiro atoms. The number of carboxylic acid groups (broad SMARTS) is 1. The van der Waals surface area contributed by atoms with Crippen LogP contribution in [0.15, 0.2) is 33.0 Å². The molecule has 0 radical (unpaired) electrons. The van der Waals surface area contributed by atoms with Crippen LogP contribution in [0.25, 0.3) is 0 Å². The summed E-state index contributed by atoms with van der Waals surface area (Å²) < 4.78 is 1.14. The number of carboxylic acids is 1. The predicted molar refractivity (Wildman–Crippen MR) is 138 cm³/mol. The van der Waals surface area contributed by atoms with Crippen molar-refractivity contribution in [3.8, 4) is 0 Å². The number of anilines is 3. The topological polar surface area (TPSA) is 242 Å². The molecule has 1 fully saturated rings. The molecule has 0 aromatic carbocycles. The second-order valence-corrected chi connectivity index (χ2v) is 10.7. The minimum Gasteiger partial charge on any atom is -0.477 e. The molecular weight excluding hydrogens is 544 g/mol. The highest BCUT2D eigenvalue weighted by Crippen LogP contribution is 2.41. The molecule has 2 aromatic rings. The Kier molecular flexibility index (Phi) is 7.60. The molecule has 4 rings (SSSR count). The van der Waals surface area contributed by atoms with Crippen LogP contribution in [0, 0.1) is 0 Å². The second-order valence-electron chi connectivity index (χ2n) is 7.79. The number of carbonyl (C=O) groups excluding carboxylic acids is 2. The van der Waals surface area contributed by atoms with Gasteiger partial charge in [-0.2, -0.15) is 0 Å². The van der Waals surface area contributed by atoms with Crippen molar-refractivity contribution >= 4 is 75.6 Å². The Hall–Kier alpha value is -3.77. The number of β-lactam (4-membered cyclic amide) rings is 1. The maximum Gasteiger partial charge on any atom is 0.352 e. The molecule has 2 aliphatic heterocycles. The first-order valence-electron chi connectivity index (χ1n) is 10.5. The van der Waals surface area contributed by atoms with E-state index in [1.165, 1.54) is 29.2 Å². The first-order valence-corrected chi connectivity index (χ1v) is 13.4. The van der Waals surface area contributed by atoms with Crippen LogP contribution in [-0.2, 0) is 19.2 Å². The Morgan fingerprint density at radius 2 is 2.19 bits per heavy atom. The quantitative estimate of drug-likeness (QED) is 0.0400. The van der Waals surface area contributed by atoms with Crippen molar-refractivity contribution in [3.05, 3.63) is 28.4 Å². The molecule has 10 N–H and O–H groups in total. The summed E-state index contributed by atoms with van der Waals surface area (Å²) in [6, 6.07) is 0.485. The van der Waals surface area contributed by atoms with Crippen molar-refractivity contribution in [3.63, 3.8) is 0 Å². The van der Waals surface area contributed by atoms with E-state index in [4.69, 9.17) is 27.9 Å². The van der Waals surface area contributed by atoms with Gasteiger partial charge in [-0.3, -0.25) is 20.3 Å². The lowest BCUT2D eigenvalue weighted by Crippen LogP contribution is -2.70. The van der Waals surface area contributed by atoms with Gasteiger partial charge < -0.3 is 32.5 Å². The third-order valence-corrected chi connectivity index (χ3v) is 8.34. The summed E-state index contributed by atoms with van der Waals surface area (Å²) in [6.45, 7) is 1.69. The SMILES string of the molecule is CC(O/N=C\C(=O)NC1C(=O)N2C(C(=O)O)=C(CSc3nc(N)cc(N)[n+]3N)CSC12)c1csc(N)n1. The number of oxime groups is 1. The number of aromatic nitrogens is 3. The summed E-state index contributed by atoms with van der Waals surface area (Å²) in [5, 5.41) is 17.8. The second kappa shape index (κ2) is 10.7. The number of fused-ring (bicyclic) bond motifs is 1. The largest absolute Gasteiger partial charge is 0.477 e. The van der Waals surface area contributed by atoms with Gasteiger partial charge in [0, 0.05) is 16.9 Å². The third-order valence-electron chi connectivity index (χ3n) is 5.27. The summed E-state index contributed by atoms with van der Waals surface area (Å²) in [5.74, 6) is 4.25. The van der Waals surface area contributed by atoms with Crippen LogP contribution in [0.1, 0.15) is 18.7 Å². The number of aliphatic carboxylic acids is 1. The van der Waals surface area contributed by atoms with E-state index in [-0.39, 0.29) is 28.2 Å². The molecule has 0 aliphatic carbocycles. The van der Waals surface area contributed by atoms with E-state index in [9.17, 15) is 19.5 Å². The van der Waals surface area contributed by atoms with E-state index >= 15 is 0 Å². The summed E-state index contributed by atoms with van der Waals surface area (Å²) >= 11 is 3.71. The zero-order valence-corrected chi connectivity index (χ0v) is 21.7. The number of thiazole rings is 1. The molecule has 37 heavy (non-hydrogen) atoms. The number of thioether (sulfide) groups is 2. The molecule has 4 heterocycles. The smallest absolute Gasteiger partial charge is 0.352 e. The van der Waals surface area contributed by atoms with Crippen molar-refractivity contribution in [1.29, 1.82) is 0 Å². The van der Waals surface area contributed by atoms with Gasteiger partial charge in [-0.05, 0) is 24.3 Å². The maximum atomic E-state index is 12.8. The Morgan fingerprint density at radius 3 is 2.86 bits per heavy atom. The standard InChI is InChI=1S/C19H22N10O5S3/c1-7(9-6-36-18(22)25-9)34-24-3-12(30)27-13-15(31)28-14(17(32)33)8(4-35-16(13)28)5-37-19-26-10(20)2-11(21)29(19)23/h2-3,6-7,13,16H,4-5,23H2,1H3,(H7,20,21,22,25,27,30,32,33)/p+1/b24-3-. The van der Waals surface area contributed by atoms with E-state index in [0.29, 0.717) is 22.2 Å². The van der Waals surface area contributed by atoms with Crippen molar-refractivity contribution < 1.29 is 29.0 Å². The summed E-state index contributed by atoms with van der Waals surface area (Å²) in [4.78, 5) is 51.7. The molecule has 196 valence electrons. The van der Waals surface area contributed by atoms with E-state index < -0.39 is 35.3 Å². The number of nitrogen functional groups attached to an aromatic ring is 4. The molecule has 0 bridgehead atoms. The fourth-order valence-corrected chi connectivity index (χ4v) is 6.55. The average molecular weight is 568 g/mol. The molecule has 15 nitrogen and oxygen atoms in total. The number of rotatable bonds is 9. The molecule has 2 aliphatic rings. The van der Waals surface area contributed by atoms with Gasteiger partial charge in [0.1, 0.15) is 23.3 Å². The first-order chi connectivity index (χ1) is 17.6. The van der Waals surface area contributed by atoms with Crippen LogP contribution in [0.3, 0.4) is 0 Å². The van der Waals surface area contributed by atoms with Crippen LogP contribution in [0.4, 0.5) is 16.8 Å². The van der Waals surface area contributed by atoms with Gasteiger partial charge in [0.2, 0.25) is 11.6 Å². The lowest BCUT2D eigenvalue weighted by Gasteiger charge is -2.49. The Morgan fingerprint density at radius 1 is 1.43 bits per heavy atom. The Balaban J connectivity index is 1.38. The van der Waals surface area contributed by atoms with Gasteiger partial charge in [-0.1, -0.05) is 10.1 Å². The zero-order chi connectivity index (χ0) is 26.9. The van der Waals surface area contributed by atoms with Crippen LogP contribution >= 0.6 is 34.9 Å². The van der Waals surface area contributed by atoms with Crippen molar-refractivity contribution in [1.82, 2.24) is 20.2 Å². The Bertz CT molecular complexity index is 1320. The molecule has 18 heteroatoms. The lowest BCUT2D eigenvalue weighted by atomic mass is 10.0. The summed E-state index contributed by atoms with van der Waals surface area (Å²) in [5.41, 5.74) is 18.0. The van der Waals surface area contributed by atoms with Crippen LogP contribution in [0.2, 0.25) is 0 Å². The van der Waals surface area contributed by atoms with Gasteiger partial charge in [-0.15, -0.1) is 27.8 Å². The van der Waals surface area contributed by atoms with Gasteiger partial charge in [0.05, 0.1) is 11.8 Å². The Labute approximate surface area is 222 Å². The van der Waals surface area contributed by atoms with Crippen molar-refractivity contribution in [2.75, 3.05) is 34.5 Å². The molecular formula is C19H23N10O5S3+. The third kappa shape index (κ3) is 5.49. The monoisotopic (exact) mass is 567 g/mol. The maximum absolute atomic E-state index is 12.8. The van der Waals surface area contributed by atoms with Gasteiger partial charge in [0.25, 0.3) is 11.8 Å². The number of amides is 2. The highest BCUT2D eigenvalue weighted by molar-refractivity contribution is 8.01. The fourth-order valence-electron chi connectivity index (χ4n) is 3.48. The average Bonchev–Trinajstić information content (AvgIpc) is 3.29.